The number of nitrogens with zero attached hydrogens (tertiary/aromatic N) is 1. The van der Waals surface area contributed by atoms with Crippen LogP contribution < -0.4 is 5.11 Å². The van der Waals surface area contributed by atoms with Crippen LogP contribution in [-0.4, -0.2) is 82.3 Å². The number of hydrogen-bond donors (Lipinski definition) is 0. The molecule has 0 heterocycles. The van der Waals surface area contributed by atoms with Gasteiger partial charge in [-0.05, 0) is 89.9 Å². The predicted molar refractivity (Wildman–Crippen MR) is 334 cm³/mol. The number of hydrogen-bond acceptors (Lipinski definition) is 8. The molecule has 0 N–H and O–H groups in total. The van der Waals surface area contributed by atoms with E-state index in [0.717, 1.165) is 77.0 Å². The minimum atomic E-state index is -1.63. The summed E-state index contributed by atoms with van der Waals surface area (Å²) in [6.07, 6.45) is 77.8. The Hall–Kier alpha value is -3.53. The van der Waals surface area contributed by atoms with Gasteiger partial charge in [0.2, 0.25) is 0 Å². The Labute approximate surface area is 487 Å². The van der Waals surface area contributed by atoms with E-state index in [9.17, 15) is 19.5 Å². The largest absolute Gasteiger partial charge is 0.545 e. The third kappa shape index (κ3) is 61.9. The maximum atomic E-state index is 12.9. The quantitative estimate of drug-likeness (QED) is 0.0195. The first-order chi connectivity index (χ1) is 38.6. The Balaban J connectivity index is 4.17. The number of quaternary nitrogens is 1. The first-order valence-corrected chi connectivity index (χ1v) is 32.7. The molecule has 456 valence electrons. The molecule has 0 amide bonds. The van der Waals surface area contributed by atoms with Gasteiger partial charge in [0.1, 0.15) is 13.2 Å². The molecule has 0 aliphatic rings. The Morgan fingerprint density at radius 1 is 0.392 bits per heavy atom. The van der Waals surface area contributed by atoms with Gasteiger partial charge >= 0.3 is 11.9 Å². The summed E-state index contributed by atoms with van der Waals surface area (Å²) in [5, 5.41) is 11.8. The number of aliphatic carboxylic acids is 1. The maximum Gasteiger partial charge on any atom is 0.306 e. The second kappa shape index (κ2) is 60.6. The van der Waals surface area contributed by atoms with Gasteiger partial charge in [-0.2, -0.15) is 0 Å². The molecule has 2 unspecified atom stereocenters. The fraction of sp³-hybridized carbons (Fsp3) is 0.757. The van der Waals surface area contributed by atoms with E-state index in [1.807, 2.05) is 21.1 Å². The van der Waals surface area contributed by atoms with Crippen molar-refractivity contribution in [1.82, 2.24) is 0 Å². The zero-order chi connectivity index (χ0) is 57.6. The van der Waals surface area contributed by atoms with Crippen LogP contribution in [0.3, 0.4) is 0 Å². The van der Waals surface area contributed by atoms with E-state index in [4.69, 9.17) is 18.9 Å². The summed E-state index contributed by atoms with van der Waals surface area (Å²) < 4.78 is 22.8. The van der Waals surface area contributed by atoms with Crippen molar-refractivity contribution in [3.8, 4) is 0 Å². The van der Waals surface area contributed by atoms with Crippen LogP contribution in [-0.2, 0) is 33.3 Å². The number of rotatable bonds is 60. The van der Waals surface area contributed by atoms with Crippen LogP contribution in [0.1, 0.15) is 284 Å². The van der Waals surface area contributed by atoms with Crippen molar-refractivity contribution in [2.75, 3.05) is 47.5 Å². The molecule has 0 saturated heterocycles. The molecule has 0 aromatic carbocycles. The van der Waals surface area contributed by atoms with E-state index in [1.54, 1.807) is 0 Å². The van der Waals surface area contributed by atoms with Gasteiger partial charge in [-0.15, -0.1) is 0 Å². The topological polar surface area (TPSA) is 111 Å². The normalized spacial score (nSPS) is 13.3. The van der Waals surface area contributed by atoms with Gasteiger partial charge < -0.3 is 33.3 Å². The second-order valence-corrected chi connectivity index (χ2v) is 23.0. The van der Waals surface area contributed by atoms with Crippen molar-refractivity contribution in [2.24, 2.45) is 0 Å². The number of allylic oxidation sites excluding steroid dienone is 14. The molecule has 0 spiro atoms. The van der Waals surface area contributed by atoms with Crippen molar-refractivity contribution >= 4 is 17.9 Å². The summed E-state index contributed by atoms with van der Waals surface area (Å²) in [6, 6.07) is 0. The molecule has 2 atom stereocenters. The van der Waals surface area contributed by atoms with E-state index < -0.39 is 24.3 Å². The average Bonchev–Trinajstić information content (AvgIpc) is 3.42. The molecule has 9 heteroatoms. The van der Waals surface area contributed by atoms with Gasteiger partial charge in [-0.25, -0.2) is 0 Å². The number of carboxylic acids is 1. The first-order valence-electron chi connectivity index (χ1n) is 32.7. The highest BCUT2D eigenvalue weighted by atomic mass is 16.7. The van der Waals surface area contributed by atoms with E-state index >= 15 is 0 Å². The Kier molecular flexibility index (Phi) is 57.9. The van der Waals surface area contributed by atoms with Crippen LogP contribution >= 0.6 is 0 Å². The molecule has 0 aromatic heterocycles. The summed E-state index contributed by atoms with van der Waals surface area (Å²) in [6.45, 7) is 4.65. The lowest BCUT2D eigenvalue weighted by Crippen LogP contribution is -2.44. The highest BCUT2D eigenvalue weighted by Gasteiger charge is 2.22. The smallest absolute Gasteiger partial charge is 0.306 e. The molecule has 0 saturated carbocycles. The van der Waals surface area contributed by atoms with E-state index in [1.165, 1.54) is 173 Å². The fourth-order valence-corrected chi connectivity index (χ4v) is 9.12. The Morgan fingerprint density at radius 2 is 0.722 bits per heavy atom. The number of ether oxygens (including phenoxy) is 4. The highest BCUT2D eigenvalue weighted by Crippen LogP contribution is 2.17. The number of likely N-dealkylation sites (N-methyl/N-ethyl adjacent to an activating group) is 1. The predicted octanol–water partition coefficient (Wildman–Crippen LogP) is 18.6. The number of carbonyl (C=O) groups excluding carboxylic acids is 3. The van der Waals surface area contributed by atoms with Gasteiger partial charge in [0.15, 0.2) is 12.4 Å². The van der Waals surface area contributed by atoms with Crippen LogP contribution in [0.25, 0.3) is 0 Å². The third-order valence-corrected chi connectivity index (χ3v) is 14.1. The Morgan fingerprint density at radius 3 is 1.08 bits per heavy atom. The zero-order valence-electron chi connectivity index (χ0n) is 52.0. The monoisotopic (exact) mass is 1110 g/mol. The summed E-state index contributed by atoms with van der Waals surface area (Å²) >= 11 is 0. The molecule has 79 heavy (non-hydrogen) atoms. The minimum absolute atomic E-state index is 0.145. The summed E-state index contributed by atoms with van der Waals surface area (Å²) in [4.78, 5) is 37.4. The van der Waals surface area contributed by atoms with Crippen molar-refractivity contribution in [3.05, 3.63) is 85.1 Å². The summed E-state index contributed by atoms with van der Waals surface area (Å²) in [5.74, 6) is -2.28. The lowest BCUT2D eigenvalue weighted by atomic mass is 10.0. The van der Waals surface area contributed by atoms with Crippen LogP contribution in [0, 0.1) is 0 Å². The lowest BCUT2D eigenvalue weighted by molar-refractivity contribution is -0.870. The van der Waals surface area contributed by atoms with Gasteiger partial charge in [0, 0.05) is 12.8 Å². The second-order valence-electron chi connectivity index (χ2n) is 23.0. The minimum Gasteiger partial charge on any atom is -0.545 e. The van der Waals surface area contributed by atoms with Gasteiger partial charge in [-0.3, -0.25) is 9.59 Å². The molecule has 0 bridgehead atoms. The standard InChI is InChI=1S/C70H123NO8/c1-6-8-10-12-14-16-18-20-22-24-26-28-30-32-33-34-35-37-39-41-43-45-47-49-51-53-55-57-59-61-68(73)79-66(65-78-70(69(74)75)76-63-62-71(3,4)5)64-77-67(72)60-58-56-54-52-50-48-46-44-42-40-38-36-31-29-27-25-23-21-19-17-15-13-11-9-7-2/h8,10,14,16,19-22,25-28,32-33,66,70H,6-7,9,11-13,15,17-18,23-24,29-31,34-65H2,1-5H3/b10-8-,16-14-,21-19-,22-20-,27-25-,28-26-,33-32-. The van der Waals surface area contributed by atoms with E-state index in [2.05, 4.69) is 98.9 Å². The van der Waals surface area contributed by atoms with Crippen LogP contribution in [0.5, 0.6) is 0 Å². The Bertz CT molecular complexity index is 1570. The van der Waals surface area contributed by atoms with Crippen molar-refractivity contribution in [1.29, 1.82) is 0 Å². The molecule has 0 aromatic rings. The maximum absolute atomic E-state index is 12.9. The third-order valence-electron chi connectivity index (χ3n) is 14.1. The molecular weight excluding hydrogens is 983 g/mol. The van der Waals surface area contributed by atoms with Gasteiger partial charge in [-0.1, -0.05) is 266 Å². The molecule has 9 nitrogen and oxygen atoms in total. The molecule has 0 fully saturated rings. The van der Waals surface area contributed by atoms with Crippen LogP contribution in [0.15, 0.2) is 85.1 Å². The van der Waals surface area contributed by atoms with Crippen LogP contribution in [0.4, 0.5) is 0 Å². The van der Waals surface area contributed by atoms with E-state index in [-0.39, 0.29) is 38.6 Å². The van der Waals surface area contributed by atoms with Gasteiger partial charge in [0.05, 0.1) is 40.3 Å². The van der Waals surface area contributed by atoms with Gasteiger partial charge in [0.25, 0.3) is 0 Å². The number of unbranched alkanes of at least 4 members (excludes halogenated alkanes) is 31. The van der Waals surface area contributed by atoms with Crippen molar-refractivity contribution in [2.45, 2.75) is 296 Å². The number of carboxylic acid groups (broad SMARTS) is 1. The van der Waals surface area contributed by atoms with E-state index in [0.29, 0.717) is 17.4 Å². The molecule has 0 radical (unpaired) electrons. The molecule has 0 rings (SSSR count). The van der Waals surface area contributed by atoms with Crippen molar-refractivity contribution in [3.63, 3.8) is 0 Å². The number of carbonyl (C=O) groups is 3. The molecule has 0 aliphatic carbocycles. The first kappa shape index (κ1) is 75.5. The zero-order valence-corrected chi connectivity index (χ0v) is 52.0. The van der Waals surface area contributed by atoms with Crippen LogP contribution in [0.2, 0.25) is 0 Å². The summed E-state index contributed by atoms with van der Waals surface area (Å²) in [7, 11) is 5.93. The average molecular weight is 1110 g/mol. The fourth-order valence-electron chi connectivity index (χ4n) is 9.12. The SMILES string of the molecule is CC/C=C\C/C=C\C/C=C\C/C=C\C/C=C\CCCCCCCCCCCCCCCC(=O)OC(COC(=O)CCCCCCCCCCCCCCC/C=C\C/C=C\CCCCCCC)COC(OCC[N+](C)(C)C)C(=O)[O-]. The highest BCUT2D eigenvalue weighted by molar-refractivity contribution is 5.70. The van der Waals surface area contributed by atoms with Crippen molar-refractivity contribution < 1.29 is 42.9 Å². The molecule has 0 aliphatic heterocycles. The lowest BCUT2D eigenvalue weighted by Gasteiger charge is -2.26. The number of esters is 2. The molecular formula is C70H123NO8. The summed E-state index contributed by atoms with van der Waals surface area (Å²) in [5.41, 5.74) is 0.